The number of carbonyl (C=O) groups is 2. The predicted molar refractivity (Wildman–Crippen MR) is 164 cm³/mol. The minimum atomic E-state index is -4.74. The Morgan fingerprint density at radius 3 is 2.15 bits per heavy atom. The van der Waals surface area contributed by atoms with Crippen LogP contribution < -0.4 is 10.6 Å². The zero-order valence-corrected chi connectivity index (χ0v) is 25.9. The summed E-state index contributed by atoms with van der Waals surface area (Å²) in [4.78, 5) is 28.3. The number of piperidine rings is 1. The van der Waals surface area contributed by atoms with Crippen molar-refractivity contribution in [3.63, 3.8) is 0 Å². The number of hydrogen-bond acceptors (Lipinski definition) is 3. The highest BCUT2D eigenvalue weighted by Gasteiger charge is 2.50. The van der Waals surface area contributed by atoms with Crippen LogP contribution in [0.3, 0.4) is 0 Å². The smallest absolute Gasteiger partial charge is 0.382 e. The molecule has 1 aliphatic heterocycles. The Kier molecular flexibility index (Phi) is 9.88. The first-order valence-electron chi connectivity index (χ1n) is 15.6. The fraction of sp³-hybridized carbons (Fsp3) is 0.429. The highest BCUT2D eigenvalue weighted by atomic mass is 19.4. The van der Waals surface area contributed by atoms with Crippen LogP contribution in [0.4, 0.5) is 42.1 Å². The largest absolute Gasteiger partial charge is 0.416 e. The fourth-order valence-corrected chi connectivity index (χ4v) is 6.85. The van der Waals surface area contributed by atoms with Crippen LogP contribution in [0.15, 0.2) is 60.7 Å². The third-order valence-electron chi connectivity index (χ3n) is 9.20. The molecule has 3 atom stereocenters. The SMILES string of the molecule is Cc1ccc(NC(=O)C[C@H]2C[C@@H](C(F)(F)F)CN(C(=O)c3c(C)cccc3F)[C@H]2c2ccc(NC3CCCC3)cc2)cc1C(F)(F)F. The van der Waals surface area contributed by atoms with Gasteiger partial charge in [0.1, 0.15) is 5.82 Å². The molecule has 2 amide bonds. The molecule has 1 saturated carbocycles. The summed E-state index contributed by atoms with van der Waals surface area (Å²) in [7, 11) is 0. The van der Waals surface area contributed by atoms with Crippen LogP contribution in [-0.4, -0.2) is 35.5 Å². The van der Waals surface area contributed by atoms with E-state index in [0.29, 0.717) is 11.6 Å². The van der Waals surface area contributed by atoms with Gasteiger partial charge in [0.25, 0.3) is 5.91 Å². The summed E-state index contributed by atoms with van der Waals surface area (Å²) in [6, 6.07) is 13.3. The summed E-state index contributed by atoms with van der Waals surface area (Å²) in [5.74, 6) is -5.76. The number of amides is 2. The zero-order chi connectivity index (χ0) is 34.1. The second kappa shape index (κ2) is 13.6. The molecule has 2 fully saturated rings. The van der Waals surface area contributed by atoms with Crippen LogP contribution >= 0.6 is 0 Å². The van der Waals surface area contributed by atoms with Gasteiger partial charge in [0.05, 0.1) is 23.1 Å². The minimum Gasteiger partial charge on any atom is -0.382 e. The molecular formula is C35H36F7N3O2. The Balaban J connectivity index is 1.51. The molecule has 5 nitrogen and oxygen atoms in total. The molecule has 252 valence electrons. The van der Waals surface area contributed by atoms with Crippen molar-refractivity contribution in [2.75, 3.05) is 17.2 Å². The normalized spacial score (nSPS) is 20.7. The molecule has 0 aromatic heterocycles. The fourth-order valence-electron chi connectivity index (χ4n) is 6.85. The quantitative estimate of drug-likeness (QED) is 0.248. The predicted octanol–water partition coefficient (Wildman–Crippen LogP) is 9.23. The monoisotopic (exact) mass is 663 g/mol. The van der Waals surface area contributed by atoms with E-state index >= 15 is 4.39 Å². The molecule has 3 aromatic rings. The van der Waals surface area contributed by atoms with Gasteiger partial charge in [0.15, 0.2) is 0 Å². The van der Waals surface area contributed by atoms with Gasteiger partial charge in [0, 0.05) is 30.4 Å². The average molecular weight is 664 g/mol. The molecule has 0 unspecified atom stereocenters. The van der Waals surface area contributed by atoms with Crippen molar-refractivity contribution in [2.24, 2.45) is 11.8 Å². The van der Waals surface area contributed by atoms with E-state index in [9.17, 15) is 35.9 Å². The van der Waals surface area contributed by atoms with Crippen LogP contribution in [0.2, 0.25) is 0 Å². The summed E-state index contributed by atoms with van der Waals surface area (Å²) < 4.78 is 98.6. The third-order valence-corrected chi connectivity index (χ3v) is 9.20. The second-order valence-corrected chi connectivity index (χ2v) is 12.6. The van der Waals surface area contributed by atoms with Gasteiger partial charge < -0.3 is 15.5 Å². The molecular weight excluding hydrogens is 627 g/mol. The molecule has 47 heavy (non-hydrogen) atoms. The van der Waals surface area contributed by atoms with Crippen molar-refractivity contribution in [2.45, 2.75) is 76.8 Å². The molecule has 12 heteroatoms. The van der Waals surface area contributed by atoms with Crippen molar-refractivity contribution in [1.29, 1.82) is 0 Å². The number of carbonyl (C=O) groups excluding carboxylic acids is 2. The number of aryl methyl sites for hydroxylation is 2. The molecule has 0 spiro atoms. The first-order chi connectivity index (χ1) is 22.1. The molecule has 2 N–H and O–H groups in total. The van der Waals surface area contributed by atoms with Gasteiger partial charge >= 0.3 is 12.4 Å². The number of nitrogens with one attached hydrogen (secondary N) is 2. The first-order valence-corrected chi connectivity index (χ1v) is 15.6. The summed E-state index contributed by atoms with van der Waals surface area (Å²) in [6.45, 7) is 2.01. The molecule has 5 rings (SSSR count). The van der Waals surface area contributed by atoms with E-state index in [0.717, 1.165) is 48.4 Å². The summed E-state index contributed by atoms with van der Waals surface area (Å²) in [5, 5.41) is 5.84. The summed E-state index contributed by atoms with van der Waals surface area (Å²) in [6.07, 6.45) is -6.24. The number of halogens is 7. The van der Waals surface area contributed by atoms with E-state index in [1.54, 1.807) is 24.3 Å². The average Bonchev–Trinajstić information content (AvgIpc) is 3.50. The topological polar surface area (TPSA) is 61.4 Å². The van der Waals surface area contributed by atoms with E-state index in [1.807, 2.05) is 0 Å². The van der Waals surface area contributed by atoms with Crippen LogP contribution in [0.25, 0.3) is 0 Å². The van der Waals surface area contributed by atoms with Gasteiger partial charge in [-0.1, -0.05) is 43.2 Å². The highest BCUT2D eigenvalue weighted by molar-refractivity contribution is 5.96. The molecule has 1 heterocycles. The number of benzene rings is 3. The first kappa shape index (κ1) is 34.3. The molecule has 0 radical (unpaired) electrons. The highest BCUT2D eigenvalue weighted by Crippen LogP contribution is 2.46. The number of rotatable bonds is 7. The van der Waals surface area contributed by atoms with E-state index in [4.69, 9.17) is 0 Å². The maximum atomic E-state index is 15.0. The van der Waals surface area contributed by atoms with Gasteiger partial charge in [-0.15, -0.1) is 0 Å². The standard InChI is InChI=1S/C35H36F7N3O2/c1-20-10-13-27(18-28(20)35(40,41)42)44-30(46)17-23-16-24(34(37,38)39)19-45(33(47)31-21(2)6-5-9-29(31)36)32(23)22-11-14-26(15-12-22)43-25-7-3-4-8-25/h5-6,9-15,18,23-25,32,43H,3-4,7-8,16-17,19H2,1-2H3,(H,44,46)/t23-,24-,32+/m1/s1. The Morgan fingerprint density at radius 1 is 0.872 bits per heavy atom. The number of likely N-dealkylation sites (tertiary alicyclic amines) is 1. The van der Waals surface area contributed by atoms with Gasteiger partial charge in [-0.25, -0.2) is 4.39 Å². The van der Waals surface area contributed by atoms with E-state index in [2.05, 4.69) is 10.6 Å². The van der Waals surface area contributed by atoms with Gasteiger partial charge in [-0.2, -0.15) is 26.3 Å². The third kappa shape index (κ3) is 7.90. The van der Waals surface area contributed by atoms with Gasteiger partial charge in [0.2, 0.25) is 5.91 Å². The van der Waals surface area contributed by atoms with Crippen molar-refractivity contribution < 1.29 is 40.3 Å². The molecule has 1 aliphatic carbocycles. The van der Waals surface area contributed by atoms with Crippen molar-refractivity contribution >= 4 is 23.2 Å². The number of anilines is 2. The lowest BCUT2D eigenvalue weighted by molar-refractivity contribution is -0.194. The zero-order valence-electron chi connectivity index (χ0n) is 25.9. The van der Waals surface area contributed by atoms with Crippen LogP contribution in [0.1, 0.15) is 77.2 Å². The van der Waals surface area contributed by atoms with Crippen LogP contribution in [0.5, 0.6) is 0 Å². The summed E-state index contributed by atoms with van der Waals surface area (Å²) in [5.41, 5.74) is -0.0370. The molecule has 2 aliphatic rings. The van der Waals surface area contributed by atoms with Gasteiger partial charge in [-0.3, -0.25) is 9.59 Å². The Bertz CT molecular complexity index is 1580. The maximum Gasteiger partial charge on any atom is 0.416 e. The number of alkyl halides is 6. The second-order valence-electron chi connectivity index (χ2n) is 12.6. The molecule has 0 bridgehead atoms. The Labute approximate surface area is 268 Å². The lowest BCUT2D eigenvalue weighted by atomic mass is 9.77. The Hall–Kier alpha value is -4.09. The minimum absolute atomic E-state index is 0.0562. The lowest BCUT2D eigenvalue weighted by Crippen LogP contribution is -2.51. The van der Waals surface area contributed by atoms with Crippen LogP contribution in [0, 0.1) is 31.5 Å². The number of nitrogens with zero attached hydrogens (tertiary/aromatic N) is 1. The maximum absolute atomic E-state index is 15.0. The van der Waals surface area contributed by atoms with Crippen molar-refractivity contribution in [1.82, 2.24) is 4.90 Å². The van der Waals surface area contributed by atoms with Crippen molar-refractivity contribution in [3.05, 3.63) is 94.3 Å². The molecule has 1 saturated heterocycles. The van der Waals surface area contributed by atoms with E-state index in [-0.39, 0.29) is 22.4 Å². The molecule has 3 aromatic carbocycles. The Morgan fingerprint density at radius 2 is 1.53 bits per heavy atom. The number of hydrogen-bond donors (Lipinski definition) is 2. The summed E-state index contributed by atoms with van der Waals surface area (Å²) >= 11 is 0. The van der Waals surface area contributed by atoms with Crippen molar-refractivity contribution in [3.8, 4) is 0 Å². The lowest BCUT2D eigenvalue weighted by Gasteiger charge is -2.45. The van der Waals surface area contributed by atoms with E-state index < -0.39 is 72.8 Å². The van der Waals surface area contributed by atoms with Gasteiger partial charge in [-0.05, 0) is 86.1 Å². The van der Waals surface area contributed by atoms with Crippen LogP contribution in [-0.2, 0) is 11.0 Å². The van der Waals surface area contributed by atoms with E-state index in [1.165, 1.54) is 38.1 Å².